The predicted octanol–water partition coefficient (Wildman–Crippen LogP) is 6.89. The third-order valence-electron chi connectivity index (χ3n) is 9.26. The Balaban J connectivity index is 1.34. The lowest BCUT2D eigenvalue weighted by molar-refractivity contribution is -0.313. The van der Waals surface area contributed by atoms with Crippen LogP contribution in [0, 0.1) is 16.7 Å². The highest BCUT2D eigenvalue weighted by atomic mass is 32.2. The molecule has 5 atom stereocenters. The zero-order valence-corrected chi connectivity index (χ0v) is 22.3. The highest BCUT2D eigenvalue weighted by Crippen LogP contribution is 2.67. The Hall–Kier alpha value is -1.72. The zero-order valence-electron chi connectivity index (χ0n) is 21.5. The maximum absolute atomic E-state index is 13.1. The molecule has 4 rings (SSSR count). The standard InChI is InChI=1S/C27H36F5NO4S/c1-3-25-15-11-18-17-19(9-10-20(18)21(25)12-14-24(2)13-6-7-22(24)25)33-38(35,36)37-16-5-4-8-23(34)26(28,29)27(30,31)32/h3,9-10,17,21-23,33-34H,1,4-8,11-16H2,2H3/t21-,22-,23-,24+,25-/m1/s1. The molecule has 1 aromatic rings. The molecule has 5 nitrogen and oxygen atoms in total. The van der Waals surface area contributed by atoms with Gasteiger partial charge in [-0.1, -0.05) is 25.5 Å². The van der Waals surface area contributed by atoms with Crippen molar-refractivity contribution < 1.29 is 39.7 Å². The van der Waals surface area contributed by atoms with Gasteiger partial charge < -0.3 is 5.11 Å². The average Bonchev–Trinajstić information content (AvgIpc) is 3.24. The minimum Gasteiger partial charge on any atom is -0.386 e. The van der Waals surface area contributed by atoms with Crippen LogP contribution in [0.3, 0.4) is 0 Å². The van der Waals surface area contributed by atoms with Gasteiger partial charge >= 0.3 is 22.4 Å². The molecule has 2 saturated carbocycles. The summed E-state index contributed by atoms with van der Waals surface area (Å²) in [5.41, 5.74) is 3.08. The number of aliphatic hydroxyl groups excluding tert-OH is 1. The van der Waals surface area contributed by atoms with Crippen LogP contribution in [-0.2, 0) is 20.9 Å². The molecule has 0 amide bonds. The van der Waals surface area contributed by atoms with Gasteiger partial charge in [0, 0.05) is 0 Å². The second kappa shape index (κ2) is 10.4. The summed E-state index contributed by atoms with van der Waals surface area (Å²) in [4.78, 5) is 0. The largest absolute Gasteiger partial charge is 0.456 e. The van der Waals surface area contributed by atoms with Gasteiger partial charge in [-0.15, -0.1) is 6.58 Å². The summed E-state index contributed by atoms with van der Waals surface area (Å²) in [6, 6.07) is 5.51. The van der Waals surface area contributed by atoms with Crippen LogP contribution in [0.25, 0.3) is 0 Å². The van der Waals surface area contributed by atoms with Crippen LogP contribution in [0.5, 0.6) is 0 Å². The number of fused-ring (bicyclic) bond motifs is 5. The fourth-order valence-electron chi connectivity index (χ4n) is 7.34. The SMILES string of the molecule is C=C[C@@]12CCc3cc(NS(=O)(=O)OCCCC[C@@H](O)C(F)(F)C(F)(F)F)ccc3[C@H]1CC[C@]1(C)CCC[C@H]12. The van der Waals surface area contributed by atoms with Crippen molar-refractivity contribution in [2.24, 2.45) is 16.7 Å². The number of hydrogen-bond donors (Lipinski definition) is 2. The minimum atomic E-state index is -5.85. The van der Waals surface area contributed by atoms with Gasteiger partial charge in [-0.3, -0.25) is 8.91 Å². The lowest BCUT2D eigenvalue weighted by atomic mass is 9.47. The number of aliphatic hydroxyl groups is 1. The molecule has 0 bridgehead atoms. The Morgan fingerprint density at radius 1 is 1.18 bits per heavy atom. The molecule has 0 aliphatic heterocycles. The van der Waals surface area contributed by atoms with E-state index in [-0.39, 0.29) is 18.3 Å². The highest BCUT2D eigenvalue weighted by molar-refractivity contribution is 7.88. The van der Waals surface area contributed by atoms with E-state index in [0.717, 1.165) is 24.8 Å². The number of halogens is 5. The van der Waals surface area contributed by atoms with Crippen LogP contribution in [0.15, 0.2) is 30.9 Å². The molecule has 2 N–H and O–H groups in total. The molecule has 38 heavy (non-hydrogen) atoms. The van der Waals surface area contributed by atoms with E-state index in [1.54, 1.807) is 6.07 Å². The van der Waals surface area contributed by atoms with Crippen LogP contribution in [-0.4, -0.2) is 38.3 Å². The Bertz CT molecular complexity index is 1140. The molecule has 1 aromatic carbocycles. The predicted molar refractivity (Wildman–Crippen MR) is 134 cm³/mol. The van der Waals surface area contributed by atoms with Crippen molar-refractivity contribution in [3.05, 3.63) is 42.0 Å². The van der Waals surface area contributed by atoms with Gasteiger partial charge in [0.1, 0.15) is 6.10 Å². The first-order valence-corrected chi connectivity index (χ1v) is 14.6. The monoisotopic (exact) mass is 565 g/mol. The van der Waals surface area contributed by atoms with Gasteiger partial charge in [0.25, 0.3) is 0 Å². The smallest absolute Gasteiger partial charge is 0.386 e. The van der Waals surface area contributed by atoms with Gasteiger partial charge in [-0.25, -0.2) is 0 Å². The first-order valence-electron chi connectivity index (χ1n) is 13.2. The summed E-state index contributed by atoms with van der Waals surface area (Å²) >= 11 is 0. The summed E-state index contributed by atoms with van der Waals surface area (Å²) in [6.45, 7) is 6.25. The first kappa shape index (κ1) is 29.3. The maximum Gasteiger partial charge on any atom is 0.456 e. The van der Waals surface area contributed by atoms with Crippen LogP contribution in [0.1, 0.15) is 81.8 Å². The number of alkyl halides is 5. The number of nitrogens with one attached hydrogen (secondary N) is 1. The van der Waals surface area contributed by atoms with E-state index < -0.39 is 41.5 Å². The summed E-state index contributed by atoms with van der Waals surface area (Å²) in [6.07, 6.45) is -0.0660. The van der Waals surface area contributed by atoms with Crippen molar-refractivity contribution in [1.82, 2.24) is 0 Å². The Kier molecular flexibility index (Phi) is 7.97. The first-order chi connectivity index (χ1) is 17.7. The third kappa shape index (κ3) is 5.35. The van der Waals surface area contributed by atoms with Crippen LogP contribution in [0.2, 0.25) is 0 Å². The lowest BCUT2D eigenvalue weighted by Gasteiger charge is -2.56. The van der Waals surface area contributed by atoms with E-state index >= 15 is 0 Å². The van der Waals surface area contributed by atoms with Crippen molar-refractivity contribution >= 4 is 16.0 Å². The van der Waals surface area contributed by atoms with Crippen molar-refractivity contribution in [3.63, 3.8) is 0 Å². The second-order valence-corrected chi connectivity index (χ2v) is 12.8. The molecule has 214 valence electrons. The minimum absolute atomic E-state index is 0.0538. The van der Waals surface area contributed by atoms with Gasteiger partial charge in [-0.2, -0.15) is 30.4 Å². The fraction of sp³-hybridized carbons (Fsp3) is 0.704. The fourth-order valence-corrected chi connectivity index (χ4v) is 8.16. The molecule has 0 spiro atoms. The molecule has 2 fully saturated rings. The quantitative estimate of drug-likeness (QED) is 0.184. The molecule has 11 heteroatoms. The van der Waals surface area contributed by atoms with Crippen molar-refractivity contribution in [2.75, 3.05) is 11.3 Å². The van der Waals surface area contributed by atoms with E-state index in [1.807, 2.05) is 12.1 Å². The topological polar surface area (TPSA) is 75.6 Å². The molecule has 3 aliphatic rings. The number of benzene rings is 1. The molecular weight excluding hydrogens is 529 g/mol. The second-order valence-electron chi connectivity index (χ2n) is 11.4. The number of aryl methyl sites for hydroxylation is 1. The van der Waals surface area contributed by atoms with Gasteiger partial charge in [0.15, 0.2) is 0 Å². The Morgan fingerprint density at radius 3 is 2.61 bits per heavy atom. The van der Waals surface area contributed by atoms with E-state index in [0.29, 0.717) is 22.9 Å². The van der Waals surface area contributed by atoms with E-state index in [2.05, 4.69) is 24.3 Å². The number of rotatable bonds is 10. The van der Waals surface area contributed by atoms with Crippen LogP contribution in [0.4, 0.5) is 27.6 Å². The summed E-state index contributed by atoms with van der Waals surface area (Å²) < 4.78 is 95.0. The van der Waals surface area contributed by atoms with Crippen molar-refractivity contribution in [1.29, 1.82) is 0 Å². The van der Waals surface area contributed by atoms with E-state index in [4.69, 9.17) is 4.18 Å². The Morgan fingerprint density at radius 2 is 1.92 bits per heavy atom. The summed E-state index contributed by atoms with van der Waals surface area (Å²) in [7, 11) is -4.23. The normalized spacial score (nSPS) is 30.2. The van der Waals surface area contributed by atoms with Gasteiger partial charge in [-0.05, 0) is 104 Å². The Labute approximate surface area is 221 Å². The molecule has 0 unspecified atom stereocenters. The molecule has 0 radical (unpaired) electrons. The third-order valence-corrected chi connectivity index (χ3v) is 10.2. The molecular formula is C27H36F5NO4S. The van der Waals surface area contributed by atoms with Crippen LogP contribution < -0.4 is 4.72 Å². The van der Waals surface area contributed by atoms with Gasteiger partial charge in [0.05, 0.1) is 12.3 Å². The van der Waals surface area contributed by atoms with Crippen molar-refractivity contribution in [2.45, 2.75) is 95.3 Å². The number of unbranched alkanes of at least 4 members (excludes halogenated alkanes) is 1. The average molecular weight is 566 g/mol. The maximum atomic E-state index is 13.1. The molecule has 0 aromatic heterocycles. The number of hydrogen-bond acceptors (Lipinski definition) is 4. The number of allylic oxidation sites excluding steroid dienone is 1. The summed E-state index contributed by atoms with van der Waals surface area (Å²) in [5, 5.41) is 9.18. The van der Waals surface area contributed by atoms with E-state index in [9.17, 15) is 35.5 Å². The summed E-state index contributed by atoms with van der Waals surface area (Å²) in [5.74, 6) is -4.28. The molecule has 3 aliphatic carbocycles. The lowest BCUT2D eigenvalue weighted by Crippen LogP contribution is -2.47. The highest BCUT2D eigenvalue weighted by Gasteiger charge is 2.62. The van der Waals surface area contributed by atoms with E-state index in [1.165, 1.54) is 31.2 Å². The molecule has 0 saturated heterocycles. The number of anilines is 1. The molecule has 0 heterocycles. The zero-order chi connectivity index (χ0) is 28.0. The van der Waals surface area contributed by atoms with Crippen LogP contribution >= 0.6 is 0 Å². The van der Waals surface area contributed by atoms with Gasteiger partial charge in [0.2, 0.25) is 0 Å². The van der Waals surface area contributed by atoms with Crippen molar-refractivity contribution in [3.8, 4) is 0 Å².